The predicted molar refractivity (Wildman–Crippen MR) is 83.5 cm³/mol. The maximum absolute atomic E-state index is 12.2. The van der Waals surface area contributed by atoms with E-state index in [1.54, 1.807) is 12.1 Å². The van der Waals surface area contributed by atoms with Crippen LogP contribution in [-0.4, -0.2) is 16.0 Å². The highest BCUT2D eigenvalue weighted by atomic mass is 16.5. The maximum Gasteiger partial charge on any atom is 0.287 e. The Morgan fingerprint density at radius 1 is 1.13 bits per heavy atom. The second-order valence-electron chi connectivity index (χ2n) is 5.49. The summed E-state index contributed by atoms with van der Waals surface area (Å²) in [7, 11) is 0. The number of benzene rings is 1. The Hall–Kier alpha value is -2.89. The Kier molecular flexibility index (Phi) is 4.23. The number of furan rings is 1. The Morgan fingerprint density at radius 2 is 1.91 bits per heavy atom. The van der Waals surface area contributed by atoms with Crippen molar-refractivity contribution in [3.8, 4) is 11.4 Å². The largest absolute Gasteiger partial charge is 0.459 e. The lowest BCUT2D eigenvalue weighted by atomic mass is 10.0. The van der Waals surface area contributed by atoms with Gasteiger partial charge in [-0.25, -0.2) is 0 Å². The molecule has 1 atom stereocenters. The quantitative estimate of drug-likeness (QED) is 0.780. The van der Waals surface area contributed by atoms with Crippen LogP contribution in [0, 0.1) is 5.92 Å². The van der Waals surface area contributed by atoms with Crippen molar-refractivity contribution < 1.29 is 13.7 Å². The summed E-state index contributed by atoms with van der Waals surface area (Å²) in [5, 5.41) is 6.87. The molecule has 0 spiro atoms. The molecule has 0 saturated carbocycles. The van der Waals surface area contributed by atoms with Crippen LogP contribution in [0.2, 0.25) is 0 Å². The summed E-state index contributed by atoms with van der Waals surface area (Å²) in [5.74, 6) is 0.891. The Balaban J connectivity index is 1.82. The molecule has 23 heavy (non-hydrogen) atoms. The zero-order chi connectivity index (χ0) is 16.2. The van der Waals surface area contributed by atoms with Crippen LogP contribution in [0.25, 0.3) is 11.4 Å². The monoisotopic (exact) mass is 311 g/mol. The van der Waals surface area contributed by atoms with Gasteiger partial charge in [0.2, 0.25) is 11.7 Å². The van der Waals surface area contributed by atoms with Crippen LogP contribution in [0.15, 0.2) is 57.7 Å². The van der Waals surface area contributed by atoms with Crippen LogP contribution >= 0.6 is 0 Å². The van der Waals surface area contributed by atoms with Crippen LogP contribution in [0.3, 0.4) is 0 Å². The molecule has 3 aromatic rings. The molecule has 0 unspecified atom stereocenters. The van der Waals surface area contributed by atoms with Gasteiger partial charge < -0.3 is 14.3 Å². The number of nitrogens with one attached hydrogen (secondary N) is 1. The van der Waals surface area contributed by atoms with Crippen LogP contribution in [0.5, 0.6) is 0 Å². The van der Waals surface area contributed by atoms with Gasteiger partial charge in [0, 0.05) is 5.56 Å². The van der Waals surface area contributed by atoms with Crippen molar-refractivity contribution in [2.75, 3.05) is 0 Å². The number of carbonyl (C=O) groups is 1. The lowest BCUT2D eigenvalue weighted by Crippen LogP contribution is -2.31. The van der Waals surface area contributed by atoms with E-state index >= 15 is 0 Å². The van der Waals surface area contributed by atoms with Gasteiger partial charge >= 0.3 is 0 Å². The molecule has 1 amide bonds. The molecule has 0 saturated heterocycles. The molecule has 118 valence electrons. The maximum atomic E-state index is 12.2. The van der Waals surface area contributed by atoms with Crippen molar-refractivity contribution in [2.24, 2.45) is 5.92 Å². The molecule has 0 radical (unpaired) electrons. The van der Waals surface area contributed by atoms with Crippen LogP contribution in [0.4, 0.5) is 0 Å². The average molecular weight is 311 g/mol. The van der Waals surface area contributed by atoms with Gasteiger partial charge in [-0.3, -0.25) is 4.79 Å². The lowest BCUT2D eigenvalue weighted by molar-refractivity contribution is 0.0885. The molecule has 2 heterocycles. The van der Waals surface area contributed by atoms with E-state index < -0.39 is 6.04 Å². The van der Waals surface area contributed by atoms with Crippen LogP contribution in [-0.2, 0) is 0 Å². The Bertz CT molecular complexity index is 764. The third kappa shape index (κ3) is 3.31. The van der Waals surface area contributed by atoms with E-state index in [0.717, 1.165) is 5.56 Å². The third-order valence-electron chi connectivity index (χ3n) is 3.44. The van der Waals surface area contributed by atoms with E-state index in [1.165, 1.54) is 6.26 Å². The van der Waals surface area contributed by atoms with E-state index in [-0.39, 0.29) is 17.6 Å². The van der Waals surface area contributed by atoms with Gasteiger partial charge in [0.25, 0.3) is 5.91 Å². The minimum Gasteiger partial charge on any atom is -0.459 e. The normalized spacial score (nSPS) is 12.3. The summed E-state index contributed by atoms with van der Waals surface area (Å²) in [6, 6.07) is 12.4. The summed E-state index contributed by atoms with van der Waals surface area (Å²) in [6.45, 7) is 3.94. The van der Waals surface area contributed by atoms with Crippen molar-refractivity contribution in [3.63, 3.8) is 0 Å². The number of hydrogen-bond donors (Lipinski definition) is 1. The summed E-state index contributed by atoms with van der Waals surface area (Å²) in [4.78, 5) is 16.6. The highest BCUT2D eigenvalue weighted by Crippen LogP contribution is 2.23. The minimum absolute atomic E-state index is 0.0815. The van der Waals surface area contributed by atoms with Crippen molar-refractivity contribution in [1.82, 2.24) is 15.5 Å². The molecule has 0 fully saturated rings. The van der Waals surface area contributed by atoms with Gasteiger partial charge in [-0.15, -0.1) is 0 Å². The zero-order valence-electron chi connectivity index (χ0n) is 12.9. The SMILES string of the molecule is CC(C)[C@@H](NC(=O)c1ccco1)c1nc(-c2ccccc2)no1. The number of aromatic nitrogens is 2. The Labute approximate surface area is 133 Å². The molecule has 3 rings (SSSR count). The first-order valence-electron chi connectivity index (χ1n) is 7.38. The first-order chi connectivity index (χ1) is 11.1. The standard InChI is InChI=1S/C17H17N3O3/c1-11(2)14(18-16(21)13-9-6-10-22-13)17-19-15(20-23-17)12-7-4-3-5-8-12/h3-11,14H,1-2H3,(H,18,21)/t14-/m1/s1. The molecular formula is C17H17N3O3. The second kappa shape index (κ2) is 6.48. The van der Waals surface area contributed by atoms with Crippen LogP contribution < -0.4 is 5.32 Å². The molecule has 1 N–H and O–H groups in total. The molecule has 0 bridgehead atoms. The fourth-order valence-electron chi connectivity index (χ4n) is 2.20. The van der Waals surface area contributed by atoms with E-state index in [9.17, 15) is 4.79 Å². The van der Waals surface area contributed by atoms with Gasteiger partial charge in [0.15, 0.2) is 5.76 Å². The Morgan fingerprint density at radius 3 is 2.57 bits per heavy atom. The molecule has 0 aliphatic rings. The number of nitrogens with zero attached hydrogens (tertiary/aromatic N) is 2. The van der Waals surface area contributed by atoms with Gasteiger partial charge in [0.1, 0.15) is 6.04 Å². The van der Waals surface area contributed by atoms with E-state index in [4.69, 9.17) is 8.94 Å². The number of carbonyl (C=O) groups excluding carboxylic acids is 1. The lowest BCUT2D eigenvalue weighted by Gasteiger charge is -2.17. The number of rotatable bonds is 5. The summed E-state index contributed by atoms with van der Waals surface area (Å²) >= 11 is 0. The van der Waals surface area contributed by atoms with Gasteiger partial charge in [-0.1, -0.05) is 49.3 Å². The van der Waals surface area contributed by atoms with Gasteiger partial charge in [-0.2, -0.15) is 4.98 Å². The predicted octanol–water partition coefficient (Wildman–Crippen LogP) is 3.46. The van der Waals surface area contributed by atoms with Crippen molar-refractivity contribution in [3.05, 3.63) is 60.4 Å². The molecular weight excluding hydrogens is 294 g/mol. The van der Waals surface area contributed by atoms with Crippen molar-refractivity contribution in [2.45, 2.75) is 19.9 Å². The highest BCUT2D eigenvalue weighted by Gasteiger charge is 2.26. The zero-order valence-corrected chi connectivity index (χ0v) is 12.9. The second-order valence-corrected chi connectivity index (χ2v) is 5.49. The third-order valence-corrected chi connectivity index (χ3v) is 3.44. The molecule has 0 aliphatic heterocycles. The van der Waals surface area contributed by atoms with E-state index in [0.29, 0.717) is 11.7 Å². The first-order valence-corrected chi connectivity index (χ1v) is 7.38. The minimum atomic E-state index is -0.391. The van der Waals surface area contributed by atoms with Crippen molar-refractivity contribution in [1.29, 1.82) is 0 Å². The summed E-state index contributed by atoms with van der Waals surface area (Å²) in [5.41, 5.74) is 0.863. The fraction of sp³-hybridized carbons (Fsp3) is 0.235. The fourth-order valence-corrected chi connectivity index (χ4v) is 2.20. The van der Waals surface area contributed by atoms with Gasteiger partial charge in [-0.05, 0) is 18.1 Å². The molecule has 2 aromatic heterocycles. The van der Waals surface area contributed by atoms with E-state index in [1.807, 2.05) is 44.2 Å². The molecule has 0 aliphatic carbocycles. The number of amides is 1. The average Bonchev–Trinajstić information content (AvgIpc) is 3.24. The summed E-state index contributed by atoms with van der Waals surface area (Å²) < 4.78 is 10.5. The topological polar surface area (TPSA) is 81.2 Å². The van der Waals surface area contributed by atoms with Gasteiger partial charge in [0.05, 0.1) is 6.26 Å². The first kappa shape index (κ1) is 15.0. The van der Waals surface area contributed by atoms with Crippen LogP contribution in [0.1, 0.15) is 36.3 Å². The van der Waals surface area contributed by atoms with E-state index in [2.05, 4.69) is 15.5 Å². The molecule has 1 aromatic carbocycles. The molecule has 6 nitrogen and oxygen atoms in total. The summed E-state index contributed by atoms with van der Waals surface area (Å²) in [6.07, 6.45) is 1.46. The highest BCUT2D eigenvalue weighted by molar-refractivity contribution is 5.91. The van der Waals surface area contributed by atoms with Crippen molar-refractivity contribution >= 4 is 5.91 Å². The smallest absolute Gasteiger partial charge is 0.287 e. The molecule has 6 heteroatoms. The number of hydrogen-bond acceptors (Lipinski definition) is 5.